The fraction of sp³-hybridized carbons (Fsp3) is 0.211. The van der Waals surface area contributed by atoms with Gasteiger partial charge in [0, 0.05) is 29.9 Å². The zero-order chi connectivity index (χ0) is 17.5. The lowest BCUT2D eigenvalue weighted by atomic mass is 10.1. The highest BCUT2D eigenvalue weighted by Gasteiger charge is 2.32. The number of benzene rings is 1. The molecule has 26 heavy (non-hydrogen) atoms. The lowest BCUT2D eigenvalue weighted by Crippen LogP contribution is -2.28. The molecule has 0 bridgehead atoms. The van der Waals surface area contributed by atoms with Crippen LogP contribution in [0.1, 0.15) is 28.7 Å². The maximum Gasteiger partial charge on any atom is 0.293 e. The Kier molecular flexibility index (Phi) is 3.38. The second-order valence-electron chi connectivity index (χ2n) is 6.44. The highest BCUT2D eigenvalue weighted by Crippen LogP contribution is 2.28. The molecule has 4 aromatic rings. The molecular weight excluding hydrogens is 332 g/mol. The molecule has 4 heterocycles. The van der Waals surface area contributed by atoms with Gasteiger partial charge in [-0.15, -0.1) is 0 Å². The fourth-order valence-electron chi connectivity index (χ4n) is 3.42. The first-order chi connectivity index (χ1) is 12.8. The maximum absolute atomic E-state index is 12.8. The average Bonchev–Trinajstić information content (AvgIpc) is 3.47. The van der Waals surface area contributed by atoms with Crippen LogP contribution in [0.4, 0.5) is 0 Å². The molecule has 1 aliphatic heterocycles. The van der Waals surface area contributed by atoms with Gasteiger partial charge in [-0.3, -0.25) is 4.79 Å². The van der Waals surface area contributed by atoms with E-state index in [4.69, 9.17) is 8.94 Å². The van der Waals surface area contributed by atoms with Crippen LogP contribution in [0.5, 0.6) is 0 Å². The highest BCUT2D eigenvalue weighted by atomic mass is 16.5. The van der Waals surface area contributed by atoms with Crippen LogP contribution >= 0.6 is 0 Å². The zero-order valence-electron chi connectivity index (χ0n) is 13.9. The van der Waals surface area contributed by atoms with Crippen molar-refractivity contribution < 1.29 is 13.7 Å². The number of likely N-dealkylation sites (tertiary alicyclic amines) is 1. The first-order valence-electron chi connectivity index (χ1n) is 8.52. The van der Waals surface area contributed by atoms with Gasteiger partial charge in [-0.2, -0.15) is 4.98 Å². The fourth-order valence-corrected chi connectivity index (χ4v) is 3.42. The number of hydrogen-bond donors (Lipinski definition) is 1. The van der Waals surface area contributed by atoms with E-state index in [2.05, 4.69) is 15.1 Å². The van der Waals surface area contributed by atoms with Gasteiger partial charge in [0.2, 0.25) is 0 Å². The van der Waals surface area contributed by atoms with E-state index in [0.29, 0.717) is 36.3 Å². The molecule has 1 atom stereocenters. The minimum Gasteiger partial charge on any atom is -0.459 e. The van der Waals surface area contributed by atoms with Crippen molar-refractivity contribution in [2.24, 2.45) is 0 Å². The smallest absolute Gasteiger partial charge is 0.293 e. The molecule has 1 unspecified atom stereocenters. The summed E-state index contributed by atoms with van der Waals surface area (Å²) in [5, 5.41) is 5.10. The number of hydrogen-bond acceptors (Lipinski definition) is 5. The molecule has 3 aromatic heterocycles. The maximum atomic E-state index is 12.8. The molecule has 1 fully saturated rings. The molecule has 5 rings (SSSR count). The molecule has 1 N–H and O–H groups in total. The number of aromatic nitrogens is 3. The van der Waals surface area contributed by atoms with E-state index >= 15 is 0 Å². The van der Waals surface area contributed by atoms with Crippen molar-refractivity contribution >= 4 is 16.8 Å². The Bertz CT molecular complexity index is 1030. The van der Waals surface area contributed by atoms with Crippen molar-refractivity contribution in [1.29, 1.82) is 0 Å². The number of amides is 1. The van der Waals surface area contributed by atoms with Crippen LogP contribution in [0.15, 0.2) is 57.7 Å². The molecule has 1 aliphatic rings. The molecule has 1 saturated heterocycles. The third kappa shape index (κ3) is 2.48. The molecule has 0 aliphatic carbocycles. The van der Waals surface area contributed by atoms with E-state index in [1.54, 1.807) is 18.4 Å². The minimum absolute atomic E-state index is 0.00143. The van der Waals surface area contributed by atoms with Crippen LogP contribution in [0.25, 0.3) is 22.6 Å². The SMILES string of the molecule is O=C(c1cc2ccccc2[nH]1)N1CCC(c2noc(-c3ccco3)n2)C1. The monoisotopic (exact) mass is 348 g/mol. The molecule has 130 valence electrons. The highest BCUT2D eigenvalue weighted by molar-refractivity contribution is 5.98. The summed E-state index contributed by atoms with van der Waals surface area (Å²) in [7, 11) is 0. The van der Waals surface area contributed by atoms with Crippen LogP contribution in [-0.4, -0.2) is 39.0 Å². The van der Waals surface area contributed by atoms with Gasteiger partial charge in [-0.1, -0.05) is 23.4 Å². The van der Waals surface area contributed by atoms with Crippen LogP contribution in [0.2, 0.25) is 0 Å². The zero-order valence-corrected chi connectivity index (χ0v) is 13.9. The topological polar surface area (TPSA) is 88.2 Å². The molecule has 7 heteroatoms. The molecule has 0 radical (unpaired) electrons. The van der Waals surface area contributed by atoms with E-state index in [0.717, 1.165) is 17.3 Å². The van der Waals surface area contributed by atoms with Gasteiger partial charge in [-0.05, 0) is 30.7 Å². The van der Waals surface area contributed by atoms with Crippen LogP contribution in [-0.2, 0) is 0 Å². The number of nitrogens with one attached hydrogen (secondary N) is 1. The van der Waals surface area contributed by atoms with Crippen molar-refractivity contribution in [3.8, 4) is 11.7 Å². The molecule has 1 aromatic carbocycles. The van der Waals surface area contributed by atoms with Crippen molar-refractivity contribution in [3.05, 3.63) is 60.2 Å². The summed E-state index contributed by atoms with van der Waals surface area (Å²) in [6.07, 6.45) is 2.37. The normalized spacial score (nSPS) is 17.2. The first-order valence-corrected chi connectivity index (χ1v) is 8.52. The average molecular weight is 348 g/mol. The number of H-pyrrole nitrogens is 1. The Balaban J connectivity index is 1.33. The van der Waals surface area contributed by atoms with E-state index < -0.39 is 0 Å². The first kappa shape index (κ1) is 14.9. The lowest BCUT2D eigenvalue weighted by Gasteiger charge is -2.14. The Hall–Kier alpha value is -3.35. The summed E-state index contributed by atoms with van der Waals surface area (Å²) < 4.78 is 10.6. The van der Waals surface area contributed by atoms with Gasteiger partial charge in [0.15, 0.2) is 11.6 Å². The third-order valence-electron chi connectivity index (χ3n) is 4.77. The number of nitrogens with zero attached hydrogens (tertiary/aromatic N) is 3. The Morgan fingerprint density at radius 3 is 3.00 bits per heavy atom. The van der Waals surface area contributed by atoms with Gasteiger partial charge < -0.3 is 18.8 Å². The Morgan fingerprint density at radius 1 is 1.23 bits per heavy atom. The Labute approximate surface area is 148 Å². The number of rotatable bonds is 3. The van der Waals surface area contributed by atoms with Crippen molar-refractivity contribution in [2.45, 2.75) is 12.3 Å². The summed E-state index contributed by atoms with van der Waals surface area (Å²) in [6, 6.07) is 13.3. The standard InChI is InChI=1S/C19H16N4O3/c24-19(15-10-12-4-1-2-5-14(12)20-15)23-8-7-13(11-23)17-21-18(26-22-17)16-6-3-9-25-16/h1-6,9-10,13,20H,7-8,11H2. The summed E-state index contributed by atoms with van der Waals surface area (Å²) >= 11 is 0. The van der Waals surface area contributed by atoms with Crippen LogP contribution in [0.3, 0.4) is 0 Å². The molecule has 1 amide bonds. The molecule has 0 spiro atoms. The quantitative estimate of drug-likeness (QED) is 0.613. The number of fused-ring (bicyclic) bond motifs is 1. The van der Waals surface area contributed by atoms with Crippen molar-refractivity contribution in [1.82, 2.24) is 20.0 Å². The van der Waals surface area contributed by atoms with Gasteiger partial charge >= 0.3 is 0 Å². The van der Waals surface area contributed by atoms with Gasteiger partial charge in [0.25, 0.3) is 11.8 Å². The van der Waals surface area contributed by atoms with E-state index in [1.807, 2.05) is 35.2 Å². The summed E-state index contributed by atoms with van der Waals surface area (Å²) in [5.41, 5.74) is 1.57. The molecule has 0 saturated carbocycles. The minimum atomic E-state index is -0.00143. The number of carbonyl (C=O) groups is 1. The summed E-state index contributed by atoms with van der Waals surface area (Å²) in [6.45, 7) is 1.24. The van der Waals surface area contributed by atoms with E-state index in [1.165, 1.54) is 0 Å². The van der Waals surface area contributed by atoms with Gasteiger partial charge in [-0.25, -0.2) is 0 Å². The summed E-state index contributed by atoms with van der Waals surface area (Å²) in [4.78, 5) is 22.2. The molecular formula is C19H16N4O3. The predicted octanol–water partition coefficient (Wildman–Crippen LogP) is 3.44. The number of carbonyl (C=O) groups excluding carboxylic acids is 1. The lowest BCUT2D eigenvalue weighted by molar-refractivity contribution is 0.0785. The second kappa shape index (κ2) is 5.87. The number of furan rings is 1. The van der Waals surface area contributed by atoms with Crippen LogP contribution in [0, 0.1) is 0 Å². The third-order valence-corrected chi connectivity index (χ3v) is 4.77. The summed E-state index contributed by atoms with van der Waals surface area (Å²) in [5.74, 6) is 1.59. The van der Waals surface area contributed by atoms with Crippen molar-refractivity contribution in [3.63, 3.8) is 0 Å². The van der Waals surface area contributed by atoms with E-state index in [9.17, 15) is 4.79 Å². The number of aromatic amines is 1. The largest absolute Gasteiger partial charge is 0.459 e. The predicted molar refractivity (Wildman–Crippen MR) is 93.6 cm³/mol. The Morgan fingerprint density at radius 2 is 2.15 bits per heavy atom. The van der Waals surface area contributed by atoms with Crippen molar-refractivity contribution in [2.75, 3.05) is 13.1 Å². The molecule has 7 nitrogen and oxygen atoms in total. The van der Waals surface area contributed by atoms with Gasteiger partial charge in [0.05, 0.1) is 6.26 Å². The van der Waals surface area contributed by atoms with Gasteiger partial charge in [0.1, 0.15) is 5.69 Å². The van der Waals surface area contributed by atoms with Crippen LogP contribution < -0.4 is 0 Å². The second-order valence-corrected chi connectivity index (χ2v) is 6.44. The van der Waals surface area contributed by atoms with E-state index in [-0.39, 0.29) is 11.8 Å². The number of para-hydroxylation sites is 1.